The minimum absolute atomic E-state index is 0.0448. The van der Waals surface area contributed by atoms with Gasteiger partial charge in [-0.1, -0.05) is 25.7 Å². The van der Waals surface area contributed by atoms with Crippen molar-refractivity contribution < 1.29 is 14.3 Å². The Morgan fingerprint density at radius 1 is 1.56 bits per heavy atom. The maximum Gasteiger partial charge on any atom is 0.334 e. The zero-order chi connectivity index (χ0) is 13.3. The average Bonchev–Trinajstić information content (AvgIpc) is 2.46. The van der Waals surface area contributed by atoms with E-state index in [0.717, 1.165) is 18.4 Å². The highest BCUT2D eigenvalue weighted by Gasteiger charge is 2.40. The van der Waals surface area contributed by atoms with Gasteiger partial charge < -0.3 is 4.74 Å². The third-order valence-corrected chi connectivity index (χ3v) is 3.69. The van der Waals surface area contributed by atoms with E-state index in [-0.39, 0.29) is 29.7 Å². The number of rotatable bonds is 2. The predicted octanol–water partition coefficient (Wildman–Crippen LogP) is 2.59. The smallest absolute Gasteiger partial charge is 0.334 e. The molecule has 1 saturated heterocycles. The Morgan fingerprint density at radius 2 is 2.28 bits per heavy atom. The Morgan fingerprint density at radius 3 is 2.94 bits per heavy atom. The Hall–Kier alpha value is -1.64. The van der Waals surface area contributed by atoms with Gasteiger partial charge in [0.15, 0.2) is 5.78 Å². The number of carbonyl (C=O) groups excluding carboxylic acids is 2. The van der Waals surface area contributed by atoms with Gasteiger partial charge in [0.05, 0.1) is 0 Å². The highest BCUT2D eigenvalue weighted by molar-refractivity contribution is 5.91. The first-order valence-electron chi connectivity index (χ1n) is 6.27. The molecule has 1 aliphatic heterocycles. The fourth-order valence-electron chi connectivity index (χ4n) is 2.57. The van der Waals surface area contributed by atoms with Crippen LogP contribution in [0.2, 0.25) is 0 Å². The lowest BCUT2D eigenvalue weighted by molar-refractivity contribution is -0.139. The van der Waals surface area contributed by atoms with Crippen molar-refractivity contribution in [1.82, 2.24) is 0 Å². The summed E-state index contributed by atoms with van der Waals surface area (Å²) in [5, 5.41) is 0. The third kappa shape index (κ3) is 2.45. The molecule has 1 aliphatic carbocycles. The SMILES string of the molecule is C=C1C(=O)O[C@@H]2C[C@H](C)C(/C=C/C(C)=O)=CC[C@@H]12. The van der Waals surface area contributed by atoms with E-state index in [2.05, 4.69) is 19.6 Å². The van der Waals surface area contributed by atoms with Crippen LogP contribution in [0.15, 0.2) is 36.0 Å². The summed E-state index contributed by atoms with van der Waals surface area (Å²) in [6.07, 6.45) is 7.06. The second-order valence-corrected chi connectivity index (χ2v) is 5.10. The van der Waals surface area contributed by atoms with Crippen LogP contribution in [0.5, 0.6) is 0 Å². The summed E-state index contributed by atoms with van der Waals surface area (Å²) >= 11 is 0. The number of carbonyl (C=O) groups is 2. The van der Waals surface area contributed by atoms with Gasteiger partial charge in [-0.2, -0.15) is 0 Å². The Bertz CT molecular complexity index is 456. The fraction of sp³-hybridized carbons (Fsp3) is 0.467. The van der Waals surface area contributed by atoms with Gasteiger partial charge in [0.2, 0.25) is 0 Å². The Labute approximate surface area is 107 Å². The van der Waals surface area contributed by atoms with Crippen LogP contribution in [-0.4, -0.2) is 17.9 Å². The van der Waals surface area contributed by atoms with Gasteiger partial charge in [0.25, 0.3) is 0 Å². The zero-order valence-corrected chi connectivity index (χ0v) is 10.8. The molecule has 0 amide bonds. The number of esters is 1. The summed E-state index contributed by atoms with van der Waals surface area (Å²) in [6.45, 7) is 7.44. The average molecular weight is 246 g/mol. The number of ether oxygens (including phenoxy) is 1. The van der Waals surface area contributed by atoms with Gasteiger partial charge in [-0.15, -0.1) is 0 Å². The van der Waals surface area contributed by atoms with Crippen LogP contribution in [-0.2, 0) is 14.3 Å². The number of fused-ring (bicyclic) bond motifs is 1. The van der Waals surface area contributed by atoms with Gasteiger partial charge in [-0.05, 0) is 37.3 Å². The van der Waals surface area contributed by atoms with Crippen LogP contribution < -0.4 is 0 Å². The molecule has 0 aromatic carbocycles. The fourth-order valence-corrected chi connectivity index (χ4v) is 2.57. The molecule has 1 fully saturated rings. The first-order valence-corrected chi connectivity index (χ1v) is 6.27. The largest absolute Gasteiger partial charge is 0.458 e. The molecule has 0 N–H and O–H groups in total. The van der Waals surface area contributed by atoms with E-state index >= 15 is 0 Å². The summed E-state index contributed by atoms with van der Waals surface area (Å²) in [7, 11) is 0. The standard InChI is InChI=1S/C15H18O3/c1-9-8-14-13(11(3)15(17)18-14)7-6-12(9)5-4-10(2)16/h4-6,9,13-14H,3,7-8H2,1-2H3/b5-4+/t9-,13-,14+/m0/s1. The summed E-state index contributed by atoms with van der Waals surface area (Å²) < 4.78 is 5.34. The van der Waals surface area contributed by atoms with Crippen LogP contribution in [0, 0.1) is 11.8 Å². The molecule has 2 aliphatic rings. The van der Waals surface area contributed by atoms with Crippen molar-refractivity contribution in [2.24, 2.45) is 11.8 Å². The van der Waals surface area contributed by atoms with Crippen molar-refractivity contribution in [3.63, 3.8) is 0 Å². The lowest BCUT2D eigenvalue weighted by Crippen LogP contribution is -2.17. The van der Waals surface area contributed by atoms with Crippen LogP contribution in [0.25, 0.3) is 0 Å². The molecule has 3 atom stereocenters. The van der Waals surface area contributed by atoms with Crippen LogP contribution in [0.4, 0.5) is 0 Å². The maximum atomic E-state index is 11.5. The lowest BCUT2D eigenvalue weighted by Gasteiger charge is -2.16. The summed E-state index contributed by atoms with van der Waals surface area (Å²) in [5.74, 6) is 0.175. The molecular weight excluding hydrogens is 228 g/mol. The zero-order valence-electron chi connectivity index (χ0n) is 10.8. The highest BCUT2D eigenvalue weighted by Crippen LogP contribution is 2.38. The second kappa shape index (κ2) is 4.92. The molecule has 0 aromatic rings. The van der Waals surface area contributed by atoms with Crippen molar-refractivity contribution in [2.45, 2.75) is 32.8 Å². The minimum Gasteiger partial charge on any atom is -0.458 e. The summed E-state index contributed by atoms with van der Waals surface area (Å²) in [6, 6.07) is 0. The molecule has 0 bridgehead atoms. The van der Waals surface area contributed by atoms with Gasteiger partial charge in [0.1, 0.15) is 6.10 Å². The molecule has 1 heterocycles. The van der Waals surface area contributed by atoms with E-state index in [9.17, 15) is 9.59 Å². The molecule has 3 nitrogen and oxygen atoms in total. The quantitative estimate of drug-likeness (QED) is 0.555. The van der Waals surface area contributed by atoms with E-state index in [1.54, 1.807) is 6.08 Å². The molecule has 0 unspecified atom stereocenters. The van der Waals surface area contributed by atoms with E-state index in [4.69, 9.17) is 4.74 Å². The van der Waals surface area contributed by atoms with Crippen molar-refractivity contribution in [1.29, 1.82) is 0 Å². The van der Waals surface area contributed by atoms with E-state index in [1.807, 2.05) is 6.08 Å². The molecule has 0 aromatic heterocycles. The Kier molecular flexibility index (Phi) is 3.50. The molecule has 96 valence electrons. The third-order valence-electron chi connectivity index (χ3n) is 3.69. The highest BCUT2D eigenvalue weighted by atomic mass is 16.6. The van der Waals surface area contributed by atoms with Crippen LogP contribution in [0.3, 0.4) is 0 Å². The van der Waals surface area contributed by atoms with Crippen LogP contribution in [0.1, 0.15) is 26.7 Å². The van der Waals surface area contributed by atoms with E-state index in [1.165, 1.54) is 6.92 Å². The molecular formula is C15H18O3. The Balaban J connectivity index is 2.18. The van der Waals surface area contributed by atoms with Gasteiger partial charge in [-0.25, -0.2) is 4.79 Å². The predicted molar refractivity (Wildman–Crippen MR) is 68.8 cm³/mol. The molecule has 18 heavy (non-hydrogen) atoms. The first kappa shape index (κ1) is 12.8. The topological polar surface area (TPSA) is 43.4 Å². The van der Waals surface area contributed by atoms with Gasteiger partial charge in [0, 0.05) is 11.5 Å². The van der Waals surface area contributed by atoms with Crippen LogP contribution >= 0.6 is 0 Å². The number of ketones is 1. The number of hydrogen-bond donors (Lipinski definition) is 0. The first-order chi connectivity index (χ1) is 8.49. The second-order valence-electron chi connectivity index (χ2n) is 5.10. The monoisotopic (exact) mass is 246 g/mol. The number of hydrogen-bond acceptors (Lipinski definition) is 3. The molecule has 3 heteroatoms. The maximum absolute atomic E-state index is 11.5. The molecule has 0 radical (unpaired) electrons. The van der Waals surface area contributed by atoms with Crippen molar-refractivity contribution in [3.8, 4) is 0 Å². The normalized spacial score (nSPS) is 31.9. The van der Waals surface area contributed by atoms with E-state index in [0.29, 0.717) is 5.57 Å². The molecule has 0 spiro atoms. The van der Waals surface area contributed by atoms with Gasteiger partial charge in [-0.3, -0.25) is 4.79 Å². The molecule has 0 saturated carbocycles. The lowest BCUT2D eigenvalue weighted by atomic mass is 9.91. The van der Waals surface area contributed by atoms with Crippen molar-refractivity contribution in [2.75, 3.05) is 0 Å². The molecule has 2 rings (SSSR count). The van der Waals surface area contributed by atoms with Crippen molar-refractivity contribution >= 4 is 11.8 Å². The summed E-state index contributed by atoms with van der Waals surface area (Å²) in [5.41, 5.74) is 1.73. The summed E-state index contributed by atoms with van der Waals surface area (Å²) in [4.78, 5) is 22.4. The van der Waals surface area contributed by atoms with Crippen molar-refractivity contribution in [3.05, 3.63) is 36.0 Å². The van der Waals surface area contributed by atoms with E-state index < -0.39 is 0 Å². The number of allylic oxidation sites excluding steroid dienone is 4. The van der Waals surface area contributed by atoms with Gasteiger partial charge >= 0.3 is 5.97 Å². The minimum atomic E-state index is -0.256.